The summed E-state index contributed by atoms with van der Waals surface area (Å²) in [4.78, 5) is 12.2. The van der Waals surface area contributed by atoms with Gasteiger partial charge in [-0.05, 0) is 35.5 Å². The second kappa shape index (κ2) is 5.46. The van der Waals surface area contributed by atoms with Crippen LogP contribution in [0.4, 0.5) is 0 Å². The number of rotatable bonds is 3. The summed E-state index contributed by atoms with van der Waals surface area (Å²) in [5, 5.41) is 0. The van der Waals surface area contributed by atoms with Crippen molar-refractivity contribution in [3.05, 3.63) is 12.7 Å². The molecular formula is C16H28O2. The van der Waals surface area contributed by atoms with Gasteiger partial charge in [0.05, 0.1) is 13.0 Å². The minimum atomic E-state index is -0.0579. The van der Waals surface area contributed by atoms with E-state index in [2.05, 4.69) is 41.2 Å². The second-order valence-corrected chi connectivity index (χ2v) is 6.37. The number of hydrogen-bond donors (Lipinski definition) is 0. The molecule has 1 aliphatic rings. The van der Waals surface area contributed by atoms with E-state index in [-0.39, 0.29) is 17.3 Å². The Balaban J connectivity index is 3.21. The van der Waals surface area contributed by atoms with Gasteiger partial charge in [-0.25, -0.2) is 0 Å². The first-order valence-corrected chi connectivity index (χ1v) is 7.00. The summed E-state index contributed by atoms with van der Waals surface area (Å²) in [5.74, 6) is 1.92. The van der Waals surface area contributed by atoms with Crippen molar-refractivity contribution < 1.29 is 9.53 Å². The normalized spacial score (nSPS) is 44.4. The third kappa shape index (κ3) is 2.22. The van der Waals surface area contributed by atoms with Gasteiger partial charge in [0.25, 0.3) is 0 Å². The van der Waals surface area contributed by atoms with E-state index in [1.165, 1.54) is 7.11 Å². The van der Waals surface area contributed by atoms with E-state index in [4.69, 9.17) is 4.74 Å². The van der Waals surface area contributed by atoms with Crippen molar-refractivity contribution in [2.24, 2.45) is 35.0 Å². The van der Waals surface area contributed by atoms with Crippen molar-refractivity contribution in [1.82, 2.24) is 0 Å². The Morgan fingerprint density at radius 3 is 2.22 bits per heavy atom. The highest BCUT2D eigenvalue weighted by Crippen LogP contribution is 2.55. The molecule has 0 N–H and O–H groups in total. The molecule has 0 saturated heterocycles. The number of carbonyl (C=O) groups excluding carboxylic acids is 1. The Morgan fingerprint density at radius 1 is 1.22 bits per heavy atom. The van der Waals surface area contributed by atoms with Crippen LogP contribution in [-0.2, 0) is 9.53 Å². The summed E-state index contributed by atoms with van der Waals surface area (Å²) in [6, 6.07) is 0. The van der Waals surface area contributed by atoms with Crippen molar-refractivity contribution >= 4 is 5.97 Å². The lowest BCUT2D eigenvalue weighted by Crippen LogP contribution is -2.52. The first-order chi connectivity index (χ1) is 8.31. The highest BCUT2D eigenvalue weighted by molar-refractivity contribution is 5.74. The summed E-state index contributed by atoms with van der Waals surface area (Å²) < 4.78 is 5.06. The number of carbonyl (C=O) groups is 1. The fourth-order valence-electron chi connectivity index (χ4n) is 3.96. The predicted molar refractivity (Wildman–Crippen MR) is 75.1 cm³/mol. The Bertz CT molecular complexity index is 323. The zero-order valence-electron chi connectivity index (χ0n) is 12.7. The van der Waals surface area contributed by atoms with Gasteiger partial charge < -0.3 is 4.74 Å². The number of allylic oxidation sites excluding steroid dienone is 1. The zero-order chi connectivity index (χ0) is 14.1. The number of ether oxygens (including phenoxy) is 1. The molecule has 1 aliphatic carbocycles. The molecule has 0 aromatic carbocycles. The molecule has 1 rings (SSSR count). The van der Waals surface area contributed by atoms with Crippen molar-refractivity contribution in [3.8, 4) is 0 Å². The summed E-state index contributed by atoms with van der Waals surface area (Å²) in [6.07, 6.45) is 2.82. The molecule has 0 spiro atoms. The van der Waals surface area contributed by atoms with E-state index in [1.807, 2.05) is 6.08 Å². The maximum Gasteiger partial charge on any atom is 0.309 e. The van der Waals surface area contributed by atoms with Crippen LogP contribution in [0.3, 0.4) is 0 Å². The SMILES string of the molecule is C=CC[C@]1(C)[C@H](C)[C@@H](C)C(C)C(C)[C@@H]1C(=O)OC. The van der Waals surface area contributed by atoms with Gasteiger partial charge in [0.1, 0.15) is 0 Å². The lowest BCUT2D eigenvalue weighted by atomic mass is 9.50. The minimum Gasteiger partial charge on any atom is -0.469 e. The van der Waals surface area contributed by atoms with Crippen LogP contribution >= 0.6 is 0 Å². The summed E-state index contributed by atoms with van der Waals surface area (Å²) >= 11 is 0. The third-order valence-electron chi connectivity index (χ3n) is 5.76. The van der Waals surface area contributed by atoms with Crippen molar-refractivity contribution in [2.45, 2.75) is 41.0 Å². The maximum atomic E-state index is 12.2. The largest absolute Gasteiger partial charge is 0.469 e. The van der Waals surface area contributed by atoms with Gasteiger partial charge in [-0.3, -0.25) is 4.79 Å². The van der Waals surface area contributed by atoms with Crippen LogP contribution in [0, 0.1) is 35.0 Å². The van der Waals surface area contributed by atoms with Crippen LogP contribution in [0.15, 0.2) is 12.7 Å². The molecule has 0 radical (unpaired) electrons. The van der Waals surface area contributed by atoms with Crippen LogP contribution in [-0.4, -0.2) is 13.1 Å². The highest BCUT2D eigenvalue weighted by Gasteiger charge is 2.53. The lowest BCUT2D eigenvalue weighted by Gasteiger charge is -2.53. The van der Waals surface area contributed by atoms with Crippen molar-refractivity contribution in [2.75, 3.05) is 7.11 Å². The molecule has 0 aromatic heterocycles. The first kappa shape index (κ1) is 15.3. The third-order valence-corrected chi connectivity index (χ3v) is 5.76. The Hall–Kier alpha value is -0.790. The van der Waals surface area contributed by atoms with Gasteiger partial charge in [0.15, 0.2) is 0 Å². The zero-order valence-corrected chi connectivity index (χ0v) is 12.7. The molecular weight excluding hydrogens is 224 g/mol. The molecule has 0 amide bonds. The van der Waals surface area contributed by atoms with Crippen molar-refractivity contribution in [1.29, 1.82) is 0 Å². The summed E-state index contributed by atoms with van der Waals surface area (Å²) in [6.45, 7) is 15.1. The monoisotopic (exact) mass is 252 g/mol. The molecule has 2 heteroatoms. The topological polar surface area (TPSA) is 26.3 Å². The maximum absolute atomic E-state index is 12.2. The van der Waals surface area contributed by atoms with Gasteiger partial charge in [-0.2, -0.15) is 0 Å². The Labute approximate surface area is 112 Å². The van der Waals surface area contributed by atoms with Crippen LogP contribution < -0.4 is 0 Å². The number of esters is 1. The smallest absolute Gasteiger partial charge is 0.309 e. The number of methoxy groups -OCH3 is 1. The van der Waals surface area contributed by atoms with Gasteiger partial charge in [-0.15, -0.1) is 6.58 Å². The van der Waals surface area contributed by atoms with Crippen LogP contribution in [0.1, 0.15) is 41.0 Å². The summed E-state index contributed by atoms with van der Waals surface area (Å²) in [5.41, 5.74) is -0.0415. The Kier molecular flexibility index (Phi) is 4.63. The molecule has 0 bridgehead atoms. The summed E-state index contributed by atoms with van der Waals surface area (Å²) in [7, 11) is 1.50. The van der Waals surface area contributed by atoms with E-state index in [9.17, 15) is 4.79 Å². The lowest BCUT2D eigenvalue weighted by molar-refractivity contribution is -0.164. The van der Waals surface area contributed by atoms with Gasteiger partial charge in [0, 0.05) is 0 Å². The van der Waals surface area contributed by atoms with Crippen LogP contribution in [0.5, 0.6) is 0 Å². The van der Waals surface area contributed by atoms with E-state index >= 15 is 0 Å². The molecule has 0 heterocycles. The van der Waals surface area contributed by atoms with Crippen LogP contribution in [0.25, 0.3) is 0 Å². The average molecular weight is 252 g/mol. The molecule has 0 aromatic rings. The predicted octanol–water partition coefficient (Wildman–Crippen LogP) is 3.92. The fourth-order valence-corrected chi connectivity index (χ4v) is 3.96. The number of hydrogen-bond acceptors (Lipinski definition) is 2. The van der Waals surface area contributed by atoms with E-state index in [0.29, 0.717) is 23.7 Å². The Morgan fingerprint density at radius 2 is 1.78 bits per heavy atom. The first-order valence-electron chi connectivity index (χ1n) is 7.00. The molecule has 1 fully saturated rings. The van der Waals surface area contributed by atoms with E-state index in [0.717, 1.165) is 6.42 Å². The molecule has 2 unspecified atom stereocenters. The molecule has 104 valence electrons. The molecule has 18 heavy (non-hydrogen) atoms. The van der Waals surface area contributed by atoms with E-state index in [1.54, 1.807) is 0 Å². The standard InChI is InChI=1S/C16H28O2/c1-8-9-16(6)13(5)11(3)10(2)12(4)14(16)15(17)18-7/h8,10-14H,1,9H2,2-7H3/t10?,11-,12?,13+,14+,16+/m0/s1. The average Bonchev–Trinajstić information content (AvgIpc) is 2.34. The molecule has 6 atom stereocenters. The van der Waals surface area contributed by atoms with Gasteiger partial charge >= 0.3 is 5.97 Å². The van der Waals surface area contributed by atoms with Crippen molar-refractivity contribution in [3.63, 3.8) is 0 Å². The second-order valence-electron chi connectivity index (χ2n) is 6.37. The van der Waals surface area contributed by atoms with Gasteiger partial charge in [0.2, 0.25) is 0 Å². The minimum absolute atomic E-state index is 0.0262. The molecule has 1 saturated carbocycles. The fraction of sp³-hybridized carbons (Fsp3) is 0.812. The molecule has 0 aliphatic heterocycles. The molecule has 2 nitrogen and oxygen atoms in total. The van der Waals surface area contributed by atoms with Crippen LogP contribution in [0.2, 0.25) is 0 Å². The van der Waals surface area contributed by atoms with E-state index < -0.39 is 0 Å². The highest BCUT2D eigenvalue weighted by atomic mass is 16.5. The quantitative estimate of drug-likeness (QED) is 0.562. The van der Waals surface area contributed by atoms with Gasteiger partial charge in [-0.1, -0.05) is 40.7 Å².